The summed E-state index contributed by atoms with van der Waals surface area (Å²) in [5.41, 5.74) is 2.41. The number of aryl methyl sites for hydroxylation is 1. The highest BCUT2D eigenvalue weighted by atomic mass is 32.2. The second-order valence-electron chi connectivity index (χ2n) is 6.95. The molecule has 1 N–H and O–H groups in total. The summed E-state index contributed by atoms with van der Waals surface area (Å²) in [5, 5.41) is 9.59. The molecule has 1 heterocycles. The van der Waals surface area contributed by atoms with Gasteiger partial charge in [0.15, 0.2) is 5.13 Å². The third-order valence-electron chi connectivity index (χ3n) is 4.39. The van der Waals surface area contributed by atoms with Crippen LogP contribution in [0.3, 0.4) is 0 Å². The zero-order chi connectivity index (χ0) is 23.1. The average molecular weight is 471 g/mol. The van der Waals surface area contributed by atoms with E-state index in [-0.39, 0.29) is 5.69 Å². The molecule has 10 heteroatoms. The Hall–Kier alpha value is -3.26. The monoisotopic (exact) mass is 470 g/mol. The topological polar surface area (TPSA) is 112 Å². The molecule has 0 fully saturated rings. The molecule has 2 aromatic carbocycles. The second kappa shape index (κ2) is 10.4. The number of nitriles is 1. The largest absolute Gasteiger partial charge is 0.375 e. The van der Waals surface area contributed by atoms with Crippen LogP contribution in [0.15, 0.2) is 54.6 Å². The van der Waals surface area contributed by atoms with E-state index < -0.39 is 15.9 Å². The van der Waals surface area contributed by atoms with Crippen LogP contribution in [0.1, 0.15) is 26.5 Å². The summed E-state index contributed by atoms with van der Waals surface area (Å²) in [6.07, 6.45) is 0.917. The van der Waals surface area contributed by atoms with Crippen LogP contribution in [-0.2, 0) is 21.4 Å². The molecule has 0 atom stereocenters. The number of aromatic nitrogens is 1. The predicted molar refractivity (Wildman–Crippen MR) is 123 cm³/mol. The maximum atomic E-state index is 12.3. The van der Waals surface area contributed by atoms with Crippen LogP contribution in [0.4, 0.5) is 10.8 Å². The van der Waals surface area contributed by atoms with E-state index in [9.17, 15) is 13.2 Å². The van der Waals surface area contributed by atoms with E-state index in [1.54, 1.807) is 31.2 Å². The quantitative estimate of drug-likeness (QED) is 0.477. The first-order chi connectivity index (χ1) is 15.3. The van der Waals surface area contributed by atoms with Crippen molar-refractivity contribution in [1.29, 1.82) is 5.26 Å². The molecule has 0 aliphatic rings. The Labute approximate surface area is 191 Å². The summed E-state index contributed by atoms with van der Waals surface area (Å²) in [7, 11) is -3.70. The van der Waals surface area contributed by atoms with E-state index in [1.165, 1.54) is 11.3 Å². The fourth-order valence-electron chi connectivity index (χ4n) is 2.90. The zero-order valence-electron chi connectivity index (χ0n) is 17.6. The first-order valence-electron chi connectivity index (χ1n) is 9.66. The lowest BCUT2D eigenvalue weighted by Crippen LogP contribution is -2.30. The van der Waals surface area contributed by atoms with Crippen LogP contribution < -0.4 is 9.62 Å². The summed E-state index contributed by atoms with van der Waals surface area (Å²) in [5.74, 6) is -0.771. The van der Waals surface area contributed by atoms with Gasteiger partial charge in [0.25, 0.3) is 5.91 Å². The molecule has 0 aliphatic heterocycles. The maximum Gasteiger partial charge on any atom is 0.284 e. The first-order valence-corrected chi connectivity index (χ1v) is 12.4. The maximum absolute atomic E-state index is 12.3. The molecule has 8 nitrogen and oxygen atoms in total. The van der Waals surface area contributed by atoms with Crippen LogP contribution in [0.25, 0.3) is 0 Å². The highest BCUT2D eigenvalue weighted by Crippen LogP contribution is 2.31. The summed E-state index contributed by atoms with van der Waals surface area (Å²) in [4.78, 5) is 19.2. The van der Waals surface area contributed by atoms with Crippen molar-refractivity contribution in [2.45, 2.75) is 13.5 Å². The molecular formula is C22H22N4O4S2. The van der Waals surface area contributed by atoms with E-state index in [2.05, 4.69) is 11.1 Å². The molecule has 3 aromatic rings. The van der Waals surface area contributed by atoms with Gasteiger partial charge in [-0.1, -0.05) is 30.3 Å². The van der Waals surface area contributed by atoms with Gasteiger partial charge in [-0.25, -0.2) is 18.1 Å². The lowest BCUT2D eigenvalue weighted by molar-refractivity contribution is 0.0977. The van der Waals surface area contributed by atoms with Crippen molar-refractivity contribution in [3.05, 3.63) is 76.3 Å². The van der Waals surface area contributed by atoms with Crippen molar-refractivity contribution >= 4 is 38.1 Å². The Morgan fingerprint density at radius 1 is 1.19 bits per heavy atom. The zero-order valence-corrected chi connectivity index (χ0v) is 19.2. The molecule has 0 unspecified atom stereocenters. The van der Waals surface area contributed by atoms with Crippen molar-refractivity contribution < 1.29 is 17.9 Å². The first kappa shape index (κ1) is 23.4. The molecule has 3 rings (SSSR count). The SMILES string of the molecule is Cc1sc(N(CCOCc2ccccc2)c2ccc(C#N)cc2)nc1C(=O)NS(C)(=O)=O. The van der Waals surface area contributed by atoms with Crippen molar-refractivity contribution in [2.24, 2.45) is 0 Å². The number of hydrogen-bond acceptors (Lipinski definition) is 8. The number of hydrogen-bond donors (Lipinski definition) is 1. The number of rotatable bonds is 9. The Morgan fingerprint density at radius 2 is 1.88 bits per heavy atom. The van der Waals surface area contributed by atoms with Crippen molar-refractivity contribution in [3.8, 4) is 6.07 Å². The van der Waals surface area contributed by atoms with E-state index in [0.29, 0.717) is 35.3 Å². The number of anilines is 2. The number of carbonyl (C=O) groups excluding carboxylic acids is 1. The highest BCUT2D eigenvalue weighted by molar-refractivity contribution is 7.89. The third-order valence-corrected chi connectivity index (χ3v) is 5.94. The molecule has 0 aliphatic carbocycles. The van der Waals surface area contributed by atoms with Crippen molar-refractivity contribution in [3.63, 3.8) is 0 Å². The number of carbonyl (C=O) groups is 1. The molecular weight excluding hydrogens is 448 g/mol. The van der Waals surface area contributed by atoms with Crippen LogP contribution >= 0.6 is 11.3 Å². The number of thiazole rings is 1. The van der Waals surface area contributed by atoms with E-state index >= 15 is 0 Å². The molecule has 32 heavy (non-hydrogen) atoms. The molecule has 0 radical (unpaired) electrons. The molecule has 1 aromatic heterocycles. The van der Waals surface area contributed by atoms with Gasteiger partial charge in [-0.2, -0.15) is 5.26 Å². The minimum absolute atomic E-state index is 0.0549. The summed E-state index contributed by atoms with van der Waals surface area (Å²) >= 11 is 1.27. The summed E-state index contributed by atoms with van der Waals surface area (Å²) in [6, 6.07) is 18.9. The average Bonchev–Trinajstić information content (AvgIpc) is 3.15. The Bertz CT molecular complexity index is 1220. The van der Waals surface area contributed by atoms with Gasteiger partial charge in [0.2, 0.25) is 10.0 Å². The fourth-order valence-corrected chi connectivity index (χ4v) is 4.28. The standard InChI is InChI=1S/C22H22N4O4S2/c1-16-20(21(27)25-32(2,28)29)24-22(31-16)26(19-10-8-17(14-23)9-11-19)12-13-30-15-18-6-4-3-5-7-18/h3-11H,12-13,15H2,1-2H3,(H,25,27). The van der Waals surface area contributed by atoms with Crippen LogP contribution in [0, 0.1) is 18.3 Å². The van der Waals surface area contributed by atoms with Crippen LogP contribution in [0.2, 0.25) is 0 Å². The number of sulfonamides is 1. The van der Waals surface area contributed by atoms with Gasteiger partial charge in [-0.3, -0.25) is 4.79 Å². The molecule has 0 saturated heterocycles. The Kier molecular flexibility index (Phi) is 7.58. The van der Waals surface area contributed by atoms with Crippen LogP contribution in [0.5, 0.6) is 0 Å². The molecule has 166 valence electrons. The third kappa shape index (κ3) is 6.37. The van der Waals surface area contributed by atoms with Gasteiger partial charge in [0.1, 0.15) is 5.69 Å². The van der Waals surface area contributed by atoms with Gasteiger partial charge in [0.05, 0.1) is 31.1 Å². The van der Waals surface area contributed by atoms with Crippen molar-refractivity contribution in [2.75, 3.05) is 24.3 Å². The van der Waals surface area contributed by atoms with Crippen LogP contribution in [-0.4, -0.2) is 38.7 Å². The number of amides is 1. The summed E-state index contributed by atoms with van der Waals surface area (Å²) in [6.45, 7) is 3.00. The van der Waals surface area contributed by atoms with Gasteiger partial charge >= 0.3 is 0 Å². The van der Waals surface area contributed by atoms with Gasteiger partial charge in [-0.05, 0) is 36.8 Å². The van der Waals surface area contributed by atoms with E-state index in [4.69, 9.17) is 10.00 Å². The van der Waals surface area contributed by atoms with Gasteiger partial charge in [-0.15, -0.1) is 11.3 Å². The highest BCUT2D eigenvalue weighted by Gasteiger charge is 2.22. The number of ether oxygens (including phenoxy) is 1. The normalized spacial score (nSPS) is 11.0. The molecule has 1 amide bonds. The second-order valence-corrected chi connectivity index (χ2v) is 9.88. The summed E-state index contributed by atoms with van der Waals surface area (Å²) < 4.78 is 30.6. The van der Waals surface area contributed by atoms with Crippen molar-refractivity contribution in [1.82, 2.24) is 9.71 Å². The molecule has 0 spiro atoms. The fraction of sp³-hybridized carbons (Fsp3) is 0.227. The Morgan fingerprint density at radius 3 is 2.50 bits per heavy atom. The van der Waals surface area contributed by atoms with Gasteiger partial charge < -0.3 is 9.64 Å². The Balaban J connectivity index is 1.81. The number of nitrogens with zero attached hydrogens (tertiary/aromatic N) is 3. The number of nitrogens with one attached hydrogen (secondary N) is 1. The minimum atomic E-state index is -3.70. The number of benzene rings is 2. The van der Waals surface area contributed by atoms with E-state index in [1.807, 2.05) is 40.0 Å². The lowest BCUT2D eigenvalue weighted by atomic mass is 10.2. The minimum Gasteiger partial charge on any atom is -0.375 e. The predicted octanol–water partition coefficient (Wildman–Crippen LogP) is 3.37. The van der Waals surface area contributed by atoms with E-state index in [0.717, 1.165) is 17.5 Å². The molecule has 0 bridgehead atoms. The lowest BCUT2D eigenvalue weighted by Gasteiger charge is -2.22. The molecule has 0 saturated carbocycles. The van der Waals surface area contributed by atoms with Gasteiger partial charge in [0, 0.05) is 17.1 Å². The smallest absolute Gasteiger partial charge is 0.284 e.